The van der Waals surface area contributed by atoms with Gasteiger partial charge in [0.1, 0.15) is 4.21 Å². The second-order valence-electron chi connectivity index (χ2n) is 4.99. The Morgan fingerprint density at radius 3 is 2.70 bits per heavy atom. The van der Waals surface area contributed by atoms with Gasteiger partial charge in [-0.15, -0.1) is 22.7 Å². The number of nitrogens with one attached hydrogen (secondary N) is 2. The molecule has 2 aromatic heterocycles. The first-order chi connectivity index (χ1) is 10.9. The molecule has 0 aliphatic heterocycles. The van der Waals surface area contributed by atoms with Crippen LogP contribution in [0.25, 0.3) is 0 Å². The number of hydrogen-bond acceptors (Lipinski definition) is 5. The fraction of sp³-hybridized carbons (Fsp3) is 0.357. The molecule has 1 unspecified atom stereocenters. The second-order valence-corrected chi connectivity index (χ2v) is 8.92. The highest BCUT2D eigenvalue weighted by atomic mass is 32.2. The summed E-state index contributed by atoms with van der Waals surface area (Å²) in [6.45, 7) is 3.42. The van der Waals surface area contributed by atoms with E-state index in [0.717, 1.165) is 22.8 Å². The maximum atomic E-state index is 11.3. The van der Waals surface area contributed by atoms with E-state index in [0.29, 0.717) is 18.4 Å². The van der Waals surface area contributed by atoms with E-state index in [2.05, 4.69) is 34.0 Å². The molecule has 0 radical (unpaired) electrons. The van der Waals surface area contributed by atoms with Crippen LogP contribution in [0.5, 0.6) is 0 Å². The van der Waals surface area contributed by atoms with Crippen LogP contribution in [0.3, 0.4) is 0 Å². The Balaban J connectivity index is 1.84. The first-order valence-electron chi connectivity index (χ1n) is 6.99. The van der Waals surface area contributed by atoms with Gasteiger partial charge in [0.05, 0.1) is 6.54 Å². The third-order valence-corrected chi connectivity index (χ3v) is 6.80. The molecule has 6 nitrogen and oxygen atoms in total. The summed E-state index contributed by atoms with van der Waals surface area (Å²) >= 11 is 2.90. The van der Waals surface area contributed by atoms with Crippen LogP contribution >= 0.6 is 22.7 Å². The first-order valence-corrected chi connectivity index (χ1v) is 10.2. The molecule has 2 rings (SSSR count). The summed E-state index contributed by atoms with van der Waals surface area (Å²) in [5.74, 6) is 1.07. The fourth-order valence-corrected chi connectivity index (χ4v) is 4.43. The fourth-order valence-electron chi connectivity index (χ4n) is 1.92. The van der Waals surface area contributed by atoms with E-state index in [1.165, 1.54) is 10.9 Å². The number of nitrogens with two attached hydrogens (primary N) is 1. The molecule has 23 heavy (non-hydrogen) atoms. The summed E-state index contributed by atoms with van der Waals surface area (Å²) in [7, 11) is -1.92. The van der Waals surface area contributed by atoms with Crippen molar-refractivity contribution < 1.29 is 8.42 Å². The van der Waals surface area contributed by atoms with Crippen molar-refractivity contribution in [1.29, 1.82) is 0 Å². The van der Waals surface area contributed by atoms with Gasteiger partial charge in [-0.3, -0.25) is 4.99 Å². The molecule has 0 amide bonds. The van der Waals surface area contributed by atoms with Crippen molar-refractivity contribution in [2.45, 2.75) is 23.6 Å². The predicted molar refractivity (Wildman–Crippen MR) is 96.6 cm³/mol. The van der Waals surface area contributed by atoms with Crippen LogP contribution in [0.1, 0.15) is 22.6 Å². The molecule has 2 aromatic rings. The van der Waals surface area contributed by atoms with Crippen LogP contribution < -0.4 is 15.8 Å². The predicted octanol–water partition coefficient (Wildman–Crippen LogP) is 1.93. The van der Waals surface area contributed by atoms with E-state index in [-0.39, 0.29) is 4.21 Å². The Kier molecular flexibility index (Phi) is 6.17. The lowest BCUT2D eigenvalue weighted by Crippen LogP contribution is -2.38. The normalized spacial score (nSPS) is 13.8. The van der Waals surface area contributed by atoms with E-state index in [9.17, 15) is 8.42 Å². The van der Waals surface area contributed by atoms with Crippen molar-refractivity contribution in [2.24, 2.45) is 10.1 Å². The third kappa shape index (κ3) is 5.31. The Bertz CT molecular complexity index is 751. The largest absolute Gasteiger partial charge is 0.356 e. The van der Waals surface area contributed by atoms with Gasteiger partial charge in [-0.1, -0.05) is 13.0 Å². The lowest BCUT2D eigenvalue weighted by Gasteiger charge is -2.14. The zero-order valence-corrected chi connectivity index (χ0v) is 15.4. The lowest BCUT2D eigenvalue weighted by molar-refractivity contribution is 0.600. The number of aliphatic imine (C=N–C) groups is 1. The zero-order valence-electron chi connectivity index (χ0n) is 12.9. The molecule has 0 saturated heterocycles. The summed E-state index contributed by atoms with van der Waals surface area (Å²) in [6, 6.07) is 7.43. The molecule has 0 spiro atoms. The van der Waals surface area contributed by atoms with Crippen LogP contribution in [0.15, 0.2) is 38.8 Å². The summed E-state index contributed by atoms with van der Waals surface area (Å²) in [6.07, 6.45) is 0. The van der Waals surface area contributed by atoms with Crippen molar-refractivity contribution >= 4 is 38.7 Å². The van der Waals surface area contributed by atoms with Gasteiger partial charge < -0.3 is 10.6 Å². The van der Waals surface area contributed by atoms with Crippen LogP contribution in [0, 0.1) is 0 Å². The van der Waals surface area contributed by atoms with Crippen LogP contribution in [-0.4, -0.2) is 28.0 Å². The molecule has 0 bridgehead atoms. The second kappa shape index (κ2) is 7.91. The van der Waals surface area contributed by atoms with E-state index in [1.807, 2.05) is 6.07 Å². The summed E-state index contributed by atoms with van der Waals surface area (Å²) in [5, 5.41) is 13.6. The van der Waals surface area contributed by atoms with Gasteiger partial charge in [-0.25, -0.2) is 13.6 Å². The molecular formula is C14H20N4O2S3. The molecule has 1 atom stereocenters. The molecule has 0 aromatic carbocycles. The number of nitrogens with zero attached hydrogens (tertiary/aromatic N) is 1. The van der Waals surface area contributed by atoms with Crippen molar-refractivity contribution in [3.8, 4) is 0 Å². The number of sulfonamides is 1. The maximum absolute atomic E-state index is 11.3. The van der Waals surface area contributed by atoms with Crippen molar-refractivity contribution in [2.75, 3.05) is 13.6 Å². The quantitative estimate of drug-likeness (QED) is 0.533. The average Bonchev–Trinajstić information content (AvgIpc) is 3.18. The molecule has 0 fully saturated rings. The molecule has 9 heteroatoms. The standard InChI is InChI=1S/C14H20N4O2S3/c1-10(12-4-3-7-21-12)8-17-14(16-2)18-9-11-5-6-13(22-11)23(15,19)20/h3-7,10H,8-9H2,1-2H3,(H2,15,19,20)(H2,16,17,18). The van der Waals surface area contributed by atoms with Gasteiger partial charge in [0.2, 0.25) is 10.0 Å². The average molecular weight is 373 g/mol. The highest BCUT2D eigenvalue weighted by molar-refractivity contribution is 7.91. The van der Waals surface area contributed by atoms with E-state index < -0.39 is 10.0 Å². The lowest BCUT2D eigenvalue weighted by atomic mass is 10.1. The molecule has 0 aliphatic carbocycles. The van der Waals surface area contributed by atoms with E-state index in [4.69, 9.17) is 5.14 Å². The Hall–Kier alpha value is -1.42. The van der Waals surface area contributed by atoms with Crippen LogP contribution in [-0.2, 0) is 16.6 Å². The monoisotopic (exact) mass is 372 g/mol. The number of primary sulfonamides is 1. The first kappa shape index (κ1) is 17.9. The zero-order chi connectivity index (χ0) is 16.9. The summed E-state index contributed by atoms with van der Waals surface area (Å²) in [4.78, 5) is 6.37. The molecule has 0 saturated carbocycles. The van der Waals surface area contributed by atoms with Gasteiger partial charge in [-0.2, -0.15) is 0 Å². The topological polar surface area (TPSA) is 96.6 Å². The Morgan fingerprint density at radius 1 is 1.35 bits per heavy atom. The number of guanidine groups is 1. The number of hydrogen-bond donors (Lipinski definition) is 3. The SMILES string of the molecule is CN=C(NCc1ccc(S(N)(=O)=O)s1)NCC(C)c1cccs1. The van der Waals surface area contributed by atoms with Gasteiger partial charge in [0.15, 0.2) is 5.96 Å². The van der Waals surface area contributed by atoms with Gasteiger partial charge >= 0.3 is 0 Å². The highest BCUT2D eigenvalue weighted by Gasteiger charge is 2.12. The Morgan fingerprint density at radius 2 is 2.13 bits per heavy atom. The number of thiophene rings is 2. The van der Waals surface area contributed by atoms with Gasteiger partial charge in [0, 0.05) is 29.3 Å². The minimum atomic E-state index is -3.63. The van der Waals surface area contributed by atoms with Crippen LogP contribution in [0.4, 0.5) is 0 Å². The molecule has 2 heterocycles. The molecular weight excluding hydrogens is 352 g/mol. The smallest absolute Gasteiger partial charge is 0.247 e. The summed E-state index contributed by atoms with van der Waals surface area (Å²) < 4.78 is 22.7. The Labute approximate surface area is 144 Å². The van der Waals surface area contributed by atoms with Gasteiger partial charge in [0.25, 0.3) is 0 Å². The van der Waals surface area contributed by atoms with Gasteiger partial charge in [-0.05, 0) is 23.6 Å². The highest BCUT2D eigenvalue weighted by Crippen LogP contribution is 2.20. The molecule has 126 valence electrons. The third-order valence-electron chi connectivity index (χ3n) is 3.18. The van der Waals surface area contributed by atoms with Crippen molar-refractivity contribution in [1.82, 2.24) is 10.6 Å². The molecule has 4 N–H and O–H groups in total. The summed E-state index contributed by atoms with van der Waals surface area (Å²) in [5.41, 5.74) is 0. The number of rotatable bonds is 6. The van der Waals surface area contributed by atoms with Crippen molar-refractivity contribution in [3.05, 3.63) is 39.4 Å². The van der Waals surface area contributed by atoms with E-state index >= 15 is 0 Å². The minimum Gasteiger partial charge on any atom is -0.356 e. The molecule has 0 aliphatic rings. The van der Waals surface area contributed by atoms with Crippen molar-refractivity contribution in [3.63, 3.8) is 0 Å². The maximum Gasteiger partial charge on any atom is 0.247 e. The van der Waals surface area contributed by atoms with Crippen LogP contribution in [0.2, 0.25) is 0 Å². The minimum absolute atomic E-state index is 0.170. The van der Waals surface area contributed by atoms with E-state index in [1.54, 1.807) is 24.5 Å².